The predicted molar refractivity (Wildman–Crippen MR) is 43.8 cm³/mol. The number of phosphoric acid groups is 1. The zero-order valence-electron chi connectivity index (χ0n) is 7.68. The quantitative estimate of drug-likeness (QED) is 0.656. The molecule has 0 saturated carbocycles. The maximum Gasteiger partial charge on any atom is 0.527 e. The predicted octanol–water partition coefficient (Wildman–Crippen LogP) is 0.437. The van der Waals surface area contributed by atoms with Crippen molar-refractivity contribution in [3.05, 3.63) is 0 Å². The highest BCUT2D eigenvalue weighted by atomic mass is 31.2. The molecular formula is C6H13O6P. The van der Waals surface area contributed by atoms with E-state index >= 15 is 0 Å². The summed E-state index contributed by atoms with van der Waals surface area (Å²) in [5, 5.41) is 0. The second kappa shape index (κ2) is 4.19. The molecule has 0 heterocycles. The molecular weight excluding hydrogens is 199 g/mol. The molecule has 0 bridgehead atoms. The van der Waals surface area contributed by atoms with Crippen LogP contribution in [0.2, 0.25) is 0 Å². The van der Waals surface area contributed by atoms with Gasteiger partial charge in [0.15, 0.2) is 5.60 Å². The van der Waals surface area contributed by atoms with E-state index in [0.717, 1.165) is 0 Å². The maximum absolute atomic E-state index is 11.0. The van der Waals surface area contributed by atoms with E-state index in [2.05, 4.69) is 4.52 Å². The van der Waals surface area contributed by atoms with E-state index in [1.807, 2.05) is 0 Å². The van der Waals surface area contributed by atoms with Crippen molar-refractivity contribution in [3.63, 3.8) is 0 Å². The first-order chi connectivity index (χ1) is 5.69. The van der Waals surface area contributed by atoms with Crippen molar-refractivity contribution in [2.24, 2.45) is 0 Å². The molecule has 78 valence electrons. The fourth-order valence-electron chi connectivity index (χ4n) is 0.638. The van der Waals surface area contributed by atoms with Gasteiger partial charge in [-0.05, 0) is 20.8 Å². The molecule has 13 heavy (non-hydrogen) atoms. The highest BCUT2D eigenvalue weighted by Crippen LogP contribution is 2.37. The van der Waals surface area contributed by atoms with Crippen LogP contribution in [0.5, 0.6) is 0 Å². The van der Waals surface area contributed by atoms with E-state index in [1.165, 1.54) is 13.8 Å². The van der Waals surface area contributed by atoms with Gasteiger partial charge in [-0.15, -0.1) is 0 Å². The Balaban J connectivity index is 4.34. The molecule has 0 aromatic carbocycles. The Kier molecular flexibility index (Phi) is 4.06. The Morgan fingerprint density at radius 1 is 1.46 bits per heavy atom. The van der Waals surface area contributed by atoms with Gasteiger partial charge < -0.3 is 9.26 Å². The zero-order valence-corrected chi connectivity index (χ0v) is 8.58. The highest BCUT2D eigenvalue weighted by molar-refractivity contribution is 7.46. The largest absolute Gasteiger partial charge is 0.527 e. The Morgan fingerprint density at radius 2 is 1.92 bits per heavy atom. The topological polar surface area (TPSA) is 93.1 Å². The molecule has 0 aromatic heterocycles. The van der Waals surface area contributed by atoms with Gasteiger partial charge >= 0.3 is 13.8 Å². The molecule has 0 unspecified atom stereocenters. The zero-order chi connectivity index (χ0) is 10.7. The van der Waals surface area contributed by atoms with Gasteiger partial charge in [0.05, 0.1) is 0 Å². The Bertz CT molecular complexity index is 229. The second-order valence-electron chi connectivity index (χ2n) is 2.81. The smallest absolute Gasteiger partial charge is 0.368 e. The van der Waals surface area contributed by atoms with E-state index in [1.54, 1.807) is 6.92 Å². The lowest BCUT2D eigenvalue weighted by Crippen LogP contribution is -2.36. The first-order valence-electron chi connectivity index (χ1n) is 3.62. The van der Waals surface area contributed by atoms with Crippen molar-refractivity contribution in [2.75, 3.05) is 6.61 Å². The molecule has 7 heteroatoms. The lowest BCUT2D eigenvalue weighted by Gasteiger charge is -2.21. The molecule has 0 aliphatic rings. The number of hydrogen-bond acceptors (Lipinski definition) is 4. The fourth-order valence-corrected chi connectivity index (χ4v) is 1.07. The van der Waals surface area contributed by atoms with Crippen LogP contribution >= 0.6 is 7.82 Å². The fraction of sp³-hybridized carbons (Fsp3) is 0.833. The van der Waals surface area contributed by atoms with Crippen LogP contribution < -0.4 is 0 Å². The Hall–Kier alpha value is -0.420. The number of rotatable bonds is 4. The minimum absolute atomic E-state index is 0.253. The van der Waals surface area contributed by atoms with Crippen LogP contribution in [0.15, 0.2) is 0 Å². The number of phosphoric ester groups is 1. The van der Waals surface area contributed by atoms with Gasteiger partial charge in [-0.1, -0.05) is 0 Å². The number of ether oxygens (including phenoxy) is 1. The lowest BCUT2D eigenvalue weighted by atomic mass is 10.1. The van der Waals surface area contributed by atoms with Crippen LogP contribution in [-0.2, 0) is 18.6 Å². The average molecular weight is 212 g/mol. The first kappa shape index (κ1) is 12.6. The van der Waals surface area contributed by atoms with Gasteiger partial charge in [0.25, 0.3) is 0 Å². The van der Waals surface area contributed by atoms with E-state index in [0.29, 0.717) is 0 Å². The van der Waals surface area contributed by atoms with Crippen molar-refractivity contribution in [1.82, 2.24) is 0 Å². The molecule has 0 spiro atoms. The number of hydrogen-bond donors (Lipinski definition) is 2. The lowest BCUT2D eigenvalue weighted by molar-refractivity contribution is -0.159. The van der Waals surface area contributed by atoms with Gasteiger partial charge in [-0.2, -0.15) is 0 Å². The maximum atomic E-state index is 11.0. The molecule has 0 aliphatic heterocycles. The molecule has 0 aromatic rings. The molecule has 0 aliphatic carbocycles. The summed E-state index contributed by atoms with van der Waals surface area (Å²) >= 11 is 0. The van der Waals surface area contributed by atoms with E-state index in [9.17, 15) is 9.36 Å². The van der Waals surface area contributed by atoms with Crippen molar-refractivity contribution in [1.29, 1.82) is 0 Å². The van der Waals surface area contributed by atoms with Gasteiger partial charge in [0.2, 0.25) is 0 Å². The summed E-state index contributed by atoms with van der Waals surface area (Å²) in [5.74, 6) is -1.08. The molecule has 0 rings (SSSR count). The van der Waals surface area contributed by atoms with Crippen LogP contribution in [0.1, 0.15) is 20.8 Å². The van der Waals surface area contributed by atoms with Gasteiger partial charge in [0.1, 0.15) is 0 Å². The molecule has 0 atom stereocenters. The third kappa shape index (κ3) is 5.00. The van der Waals surface area contributed by atoms with Crippen molar-refractivity contribution >= 4 is 13.8 Å². The van der Waals surface area contributed by atoms with Gasteiger partial charge in [0, 0.05) is 6.61 Å². The molecule has 0 amide bonds. The monoisotopic (exact) mass is 212 g/mol. The average Bonchev–Trinajstić information content (AvgIpc) is 1.82. The minimum Gasteiger partial charge on any atom is -0.368 e. The van der Waals surface area contributed by atoms with Gasteiger partial charge in [-0.25, -0.2) is 9.36 Å². The standard InChI is InChI=1S/C6H13O6P/c1-4-11-6(2,3)5(7)12-13(8,9)10/h4H2,1-3H3,(H2,8,9,10). The van der Waals surface area contributed by atoms with E-state index in [4.69, 9.17) is 14.5 Å². The molecule has 2 N–H and O–H groups in total. The van der Waals surface area contributed by atoms with Crippen molar-refractivity contribution in [2.45, 2.75) is 26.4 Å². The third-order valence-electron chi connectivity index (χ3n) is 1.20. The number of carbonyl (C=O) groups excluding carboxylic acids is 1. The summed E-state index contributed by atoms with van der Waals surface area (Å²) < 4.78 is 19.1. The Labute approximate surface area is 76.1 Å². The van der Waals surface area contributed by atoms with Crippen LogP contribution in [-0.4, -0.2) is 28.0 Å². The summed E-state index contributed by atoms with van der Waals surface area (Å²) in [6, 6.07) is 0. The van der Waals surface area contributed by atoms with Crippen molar-refractivity contribution in [3.8, 4) is 0 Å². The Morgan fingerprint density at radius 3 is 2.23 bits per heavy atom. The SMILES string of the molecule is CCOC(C)(C)C(=O)OP(=O)(O)O. The summed E-state index contributed by atoms with van der Waals surface area (Å²) in [5.41, 5.74) is -1.34. The molecule has 6 nitrogen and oxygen atoms in total. The van der Waals surface area contributed by atoms with E-state index in [-0.39, 0.29) is 6.61 Å². The van der Waals surface area contributed by atoms with Crippen LogP contribution in [0.25, 0.3) is 0 Å². The molecule has 0 saturated heterocycles. The molecule has 0 fully saturated rings. The van der Waals surface area contributed by atoms with Crippen LogP contribution in [0.4, 0.5) is 0 Å². The van der Waals surface area contributed by atoms with Crippen LogP contribution in [0, 0.1) is 0 Å². The second-order valence-corrected chi connectivity index (χ2v) is 3.98. The van der Waals surface area contributed by atoms with Gasteiger partial charge in [-0.3, -0.25) is 9.79 Å². The molecule has 0 radical (unpaired) electrons. The first-order valence-corrected chi connectivity index (χ1v) is 5.15. The summed E-state index contributed by atoms with van der Waals surface area (Å²) in [6.07, 6.45) is 0. The van der Waals surface area contributed by atoms with Crippen molar-refractivity contribution < 1.29 is 28.4 Å². The van der Waals surface area contributed by atoms with Crippen LogP contribution in [0.3, 0.4) is 0 Å². The summed E-state index contributed by atoms with van der Waals surface area (Å²) in [7, 11) is -4.77. The number of carbonyl (C=O) groups is 1. The normalized spacial score (nSPS) is 12.7. The summed E-state index contributed by atoms with van der Waals surface area (Å²) in [4.78, 5) is 27.7. The summed E-state index contributed by atoms with van der Waals surface area (Å²) in [6.45, 7) is 4.65. The highest BCUT2D eigenvalue weighted by Gasteiger charge is 2.34. The van der Waals surface area contributed by atoms with E-state index < -0.39 is 19.4 Å². The third-order valence-corrected chi connectivity index (χ3v) is 1.60. The minimum atomic E-state index is -4.77.